The Balaban J connectivity index is 2.19. The zero-order valence-corrected chi connectivity index (χ0v) is 16.8. The van der Waals surface area contributed by atoms with E-state index in [-0.39, 0.29) is 18.2 Å². The number of carboxylic acids is 1. The van der Waals surface area contributed by atoms with E-state index in [0.717, 1.165) is 27.9 Å². The lowest BCUT2D eigenvalue weighted by molar-refractivity contribution is -0.142. The highest BCUT2D eigenvalue weighted by Crippen LogP contribution is 2.30. The Morgan fingerprint density at radius 1 is 1.30 bits per heavy atom. The number of pyridine rings is 1. The van der Waals surface area contributed by atoms with Gasteiger partial charge in [0.1, 0.15) is 6.04 Å². The van der Waals surface area contributed by atoms with Crippen LogP contribution >= 0.6 is 0 Å². The standard InChI is InChI=1S/C19H28N4O4/c1-10(2)9-14(19(25)26)21-15(24)8-7-13-11(3)16-17(20-12(13)4)23(5)22-18(16)27-6/h10,14H,7-9H2,1-6H3,(H,21,24)(H,25,26)/t14-/m1/s1. The molecule has 27 heavy (non-hydrogen) atoms. The number of aromatic nitrogens is 3. The van der Waals surface area contributed by atoms with Crippen LogP contribution in [0.15, 0.2) is 0 Å². The monoisotopic (exact) mass is 376 g/mol. The van der Waals surface area contributed by atoms with Crippen LogP contribution in [-0.4, -0.2) is 44.9 Å². The maximum atomic E-state index is 12.3. The summed E-state index contributed by atoms with van der Waals surface area (Å²) in [4.78, 5) is 28.2. The first-order valence-corrected chi connectivity index (χ1v) is 9.04. The number of carboxylic acid groups (broad SMARTS) is 1. The van der Waals surface area contributed by atoms with Gasteiger partial charge in [-0.15, -0.1) is 5.10 Å². The fourth-order valence-electron chi connectivity index (χ4n) is 3.31. The topological polar surface area (TPSA) is 106 Å². The Labute approximate surface area is 158 Å². The van der Waals surface area contributed by atoms with Gasteiger partial charge in [0.15, 0.2) is 5.65 Å². The van der Waals surface area contributed by atoms with E-state index < -0.39 is 12.0 Å². The normalized spacial score (nSPS) is 12.4. The number of rotatable bonds is 8. The second-order valence-corrected chi connectivity index (χ2v) is 7.22. The molecule has 2 N–H and O–H groups in total. The van der Waals surface area contributed by atoms with Crippen LogP contribution in [0.3, 0.4) is 0 Å². The predicted octanol–water partition coefficient (Wildman–Crippen LogP) is 2.14. The van der Waals surface area contributed by atoms with Crippen molar-refractivity contribution < 1.29 is 19.4 Å². The Kier molecular flexibility index (Phi) is 6.41. The van der Waals surface area contributed by atoms with Crippen molar-refractivity contribution in [1.82, 2.24) is 20.1 Å². The largest absolute Gasteiger partial charge is 0.480 e. The highest BCUT2D eigenvalue weighted by atomic mass is 16.5. The molecule has 1 atom stereocenters. The molecule has 0 unspecified atom stereocenters. The van der Waals surface area contributed by atoms with E-state index >= 15 is 0 Å². The van der Waals surface area contributed by atoms with E-state index in [2.05, 4.69) is 15.4 Å². The van der Waals surface area contributed by atoms with Gasteiger partial charge >= 0.3 is 5.97 Å². The number of aryl methyl sites for hydroxylation is 3. The molecule has 0 saturated carbocycles. The first-order valence-electron chi connectivity index (χ1n) is 9.04. The number of methoxy groups -OCH3 is 1. The second-order valence-electron chi connectivity index (χ2n) is 7.22. The van der Waals surface area contributed by atoms with Gasteiger partial charge in [-0.2, -0.15) is 0 Å². The zero-order valence-electron chi connectivity index (χ0n) is 16.8. The van der Waals surface area contributed by atoms with E-state index in [4.69, 9.17) is 4.74 Å². The summed E-state index contributed by atoms with van der Waals surface area (Å²) >= 11 is 0. The molecule has 2 aromatic heterocycles. The summed E-state index contributed by atoms with van der Waals surface area (Å²) < 4.78 is 7.02. The molecule has 148 valence electrons. The number of nitrogens with one attached hydrogen (secondary N) is 1. The molecule has 0 radical (unpaired) electrons. The average Bonchev–Trinajstić information content (AvgIpc) is 2.89. The summed E-state index contributed by atoms with van der Waals surface area (Å²) in [5.41, 5.74) is 3.50. The number of hydrogen-bond acceptors (Lipinski definition) is 5. The van der Waals surface area contributed by atoms with Crippen LogP contribution in [0.2, 0.25) is 0 Å². The van der Waals surface area contributed by atoms with Crippen LogP contribution < -0.4 is 10.1 Å². The maximum Gasteiger partial charge on any atom is 0.326 e. The highest BCUT2D eigenvalue weighted by Gasteiger charge is 2.22. The number of nitrogens with zero attached hydrogens (tertiary/aromatic N) is 3. The quantitative estimate of drug-likeness (QED) is 0.731. The number of fused-ring (bicyclic) bond motifs is 1. The first-order chi connectivity index (χ1) is 12.6. The van der Waals surface area contributed by atoms with Crippen LogP contribution in [0.25, 0.3) is 11.0 Å². The smallest absolute Gasteiger partial charge is 0.326 e. The first kappa shape index (κ1) is 20.7. The van der Waals surface area contributed by atoms with Crippen LogP contribution in [-0.2, 0) is 23.1 Å². The third kappa shape index (κ3) is 4.56. The fraction of sp³-hybridized carbons (Fsp3) is 0.579. The van der Waals surface area contributed by atoms with Crippen molar-refractivity contribution in [1.29, 1.82) is 0 Å². The summed E-state index contributed by atoms with van der Waals surface area (Å²) in [6.07, 6.45) is 1.07. The fourth-order valence-corrected chi connectivity index (χ4v) is 3.31. The molecule has 0 saturated heterocycles. The van der Waals surface area contributed by atoms with E-state index in [9.17, 15) is 14.7 Å². The molecule has 2 aromatic rings. The third-order valence-electron chi connectivity index (χ3n) is 4.66. The van der Waals surface area contributed by atoms with Crippen LogP contribution in [0.1, 0.15) is 43.5 Å². The molecule has 0 aromatic carbocycles. The average molecular weight is 376 g/mol. The predicted molar refractivity (Wildman–Crippen MR) is 102 cm³/mol. The van der Waals surface area contributed by atoms with Gasteiger partial charge in [0.25, 0.3) is 0 Å². The minimum atomic E-state index is -1.01. The Hall–Kier alpha value is -2.64. The van der Waals surface area contributed by atoms with E-state index in [1.165, 1.54) is 0 Å². The molecule has 0 spiro atoms. The van der Waals surface area contributed by atoms with Crippen LogP contribution in [0.4, 0.5) is 0 Å². The molecule has 0 aliphatic rings. The van der Waals surface area contributed by atoms with Crippen LogP contribution in [0, 0.1) is 19.8 Å². The minimum absolute atomic E-state index is 0.181. The van der Waals surface area contributed by atoms with Crippen molar-refractivity contribution in [2.24, 2.45) is 13.0 Å². The van der Waals surface area contributed by atoms with E-state index in [1.54, 1.807) is 11.8 Å². The molecular formula is C19H28N4O4. The summed E-state index contributed by atoms with van der Waals surface area (Å²) in [6, 6.07) is -0.862. The Morgan fingerprint density at radius 2 is 1.96 bits per heavy atom. The van der Waals surface area contributed by atoms with Gasteiger partial charge in [0.2, 0.25) is 11.8 Å². The lowest BCUT2D eigenvalue weighted by atomic mass is 9.99. The maximum absolute atomic E-state index is 12.3. The number of aliphatic carboxylic acids is 1. The zero-order chi connectivity index (χ0) is 20.3. The summed E-state index contributed by atoms with van der Waals surface area (Å²) in [7, 11) is 3.37. The number of carbonyl (C=O) groups excluding carboxylic acids is 1. The summed E-state index contributed by atoms with van der Waals surface area (Å²) in [5.74, 6) is -0.598. The Morgan fingerprint density at radius 3 is 2.52 bits per heavy atom. The van der Waals surface area contributed by atoms with Gasteiger partial charge in [-0.1, -0.05) is 13.8 Å². The lowest BCUT2D eigenvalue weighted by Gasteiger charge is -2.17. The molecular weight excluding hydrogens is 348 g/mol. The van der Waals surface area contributed by atoms with Gasteiger partial charge in [0.05, 0.1) is 12.5 Å². The summed E-state index contributed by atoms with van der Waals surface area (Å²) in [6.45, 7) is 7.72. The van der Waals surface area contributed by atoms with Crippen molar-refractivity contribution in [3.05, 3.63) is 16.8 Å². The molecule has 2 rings (SSSR count). The number of amides is 1. The van der Waals surface area contributed by atoms with Gasteiger partial charge in [0, 0.05) is 19.2 Å². The van der Waals surface area contributed by atoms with E-state index in [1.807, 2.05) is 34.7 Å². The molecule has 8 nitrogen and oxygen atoms in total. The van der Waals surface area contributed by atoms with Crippen molar-refractivity contribution in [2.45, 2.75) is 53.0 Å². The van der Waals surface area contributed by atoms with Crippen molar-refractivity contribution in [3.63, 3.8) is 0 Å². The second kappa shape index (κ2) is 8.37. The Bertz CT molecular complexity index is 857. The lowest BCUT2D eigenvalue weighted by Crippen LogP contribution is -2.41. The minimum Gasteiger partial charge on any atom is -0.480 e. The van der Waals surface area contributed by atoms with Crippen molar-refractivity contribution in [3.8, 4) is 5.88 Å². The molecule has 0 aliphatic heterocycles. The molecule has 0 aliphatic carbocycles. The number of carbonyl (C=O) groups is 2. The number of ether oxygens (including phenoxy) is 1. The van der Waals surface area contributed by atoms with Crippen molar-refractivity contribution in [2.75, 3.05) is 7.11 Å². The molecule has 2 heterocycles. The molecule has 8 heteroatoms. The van der Waals surface area contributed by atoms with Gasteiger partial charge in [-0.3, -0.25) is 4.79 Å². The molecule has 0 fully saturated rings. The van der Waals surface area contributed by atoms with Gasteiger partial charge in [-0.25, -0.2) is 14.5 Å². The SMILES string of the molecule is COc1nn(C)c2nc(C)c(CCC(=O)N[C@H](CC(C)C)C(=O)O)c(C)c12. The van der Waals surface area contributed by atoms with Crippen molar-refractivity contribution >= 4 is 22.9 Å². The molecule has 1 amide bonds. The molecule has 0 bridgehead atoms. The van der Waals surface area contributed by atoms with Crippen LogP contribution in [0.5, 0.6) is 5.88 Å². The highest BCUT2D eigenvalue weighted by molar-refractivity contribution is 5.87. The number of hydrogen-bond donors (Lipinski definition) is 2. The van der Waals surface area contributed by atoms with Gasteiger partial charge in [-0.05, 0) is 43.7 Å². The van der Waals surface area contributed by atoms with E-state index in [0.29, 0.717) is 18.7 Å². The third-order valence-corrected chi connectivity index (χ3v) is 4.66. The van der Waals surface area contributed by atoms with Gasteiger partial charge < -0.3 is 15.2 Å². The summed E-state index contributed by atoms with van der Waals surface area (Å²) in [5, 5.41) is 17.1.